The lowest BCUT2D eigenvalue weighted by atomic mass is 9.78. The molecule has 1 aliphatic rings. The molecule has 0 aliphatic heterocycles. The van der Waals surface area contributed by atoms with Crippen molar-refractivity contribution >= 4 is 5.91 Å². The van der Waals surface area contributed by atoms with Gasteiger partial charge in [0, 0.05) is 41.2 Å². The van der Waals surface area contributed by atoms with Gasteiger partial charge in [-0.05, 0) is 49.6 Å². The van der Waals surface area contributed by atoms with Crippen LogP contribution < -0.4 is 10.9 Å². The maximum absolute atomic E-state index is 13.4. The maximum Gasteiger partial charge on any atom is 0.255 e. The molecular formula is C24H25FN4O2. The molecule has 2 heterocycles. The van der Waals surface area contributed by atoms with Crippen LogP contribution in [0.25, 0.3) is 11.4 Å². The molecular weight excluding hydrogens is 395 g/mol. The Labute approximate surface area is 180 Å². The average molecular weight is 420 g/mol. The van der Waals surface area contributed by atoms with E-state index in [2.05, 4.69) is 20.3 Å². The van der Waals surface area contributed by atoms with Crippen molar-refractivity contribution in [2.75, 3.05) is 6.54 Å². The number of rotatable bonds is 6. The van der Waals surface area contributed by atoms with Crippen LogP contribution in [0.4, 0.5) is 4.39 Å². The molecule has 6 nitrogen and oxygen atoms in total. The second-order valence-electron chi connectivity index (χ2n) is 8.17. The third kappa shape index (κ3) is 4.55. The highest BCUT2D eigenvalue weighted by molar-refractivity contribution is 5.79. The number of aryl methyl sites for hydroxylation is 1. The second kappa shape index (κ2) is 8.79. The molecule has 0 saturated heterocycles. The van der Waals surface area contributed by atoms with E-state index in [1.54, 1.807) is 25.4 Å². The van der Waals surface area contributed by atoms with Crippen molar-refractivity contribution in [3.63, 3.8) is 0 Å². The van der Waals surface area contributed by atoms with Crippen LogP contribution in [0.15, 0.2) is 53.6 Å². The third-order valence-corrected chi connectivity index (χ3v) is 6.14. The Morgan fingerprint density at radius 1 is 1.19 bits per heavy atom. The fraction of sp³-hybridized carbons (Fsp3) is 0.333. The fourth-order valence-corrected chi connectivity index (χ4v) is 4.37. The van der Waals surface area contributed by atoms with Crippen LogP contribution in [0.5, 0.6) is 0 Å². The van der Waals surface area contributed by atoms with Crippen molar-refractivity contribution in [1.82, 2.24) is 20.3 Å². The first-order valence-electron chi connectivity index (χ1n) is 10.5. The molecule has 1 aromatic carbocycles. The number of aromatic amines is 1. The fourth-order valence-electron chi connectivity index (χ4n) is 4.37. The molecule has 0 radical (unpaired) electrons. The van der Waals surface area contributed by atoms with Gasteiger partial charge in [-0.1, -0.05) is 25.0 Å². The molecule has 160 valence electrons. The number of carbonyl (C=O) groups excluding carboxylic acids is 1. The highest BCUT2D eigenvalue weighted by Crippen LogP contribution is 2.40. The number of amides is 1. The summed E-state index contributed by atoms with van der Waals surface area (Å²) < 4.78 is 13.4. The maximum atomic E-state index is 13.4. The predicted molar refractivity (Wildman–Crippen MR) is 116 cm³/mol. The standard InChI is InChI=1S/C24H25FN4O2/c1-16-20(23(31)29-22(28-16)17-5-4-12-26-14-17)13-21(30)27-15-24(10-2-3-11-24)18-6-8-19(25)9-7-18/h4-9,12,14H,2-3,10-11,13,15H2,1H3,(H,27,30)(H,28,29,31). The number of H-pyrrole nitrogens is 1. The summed E-state index contributed by atoms with van der Waals surface area (Å²) in [6, 6.07) is 10.1. The van der Waals surface area contributed by atoms with E-state index in [0.717, 1.165) is 31.2 Å². The van der Waals surface area contributed by atoms with Gasteiger partial charge in [0.25, 0.3) is 5.56 Å². The number of hydrogen-bond donors (Lipinski definition) is 2. The normalized spacial score (nSPS) is 15.0. The van der Waals surface area contributed by atoms with Crippen molar-refractivity contribution < 1.29 is 9.18 Å². The number of hydrogen-bond acceptors (Lipinski definition) is 4. The zero-order chi connectivity index (χ0) is 21.8. The van der Waals surface area contributed by atoms with Crippen LogP contribution in [0.2, 0.25) is 0 Å². The van der Waals surface area contributed by atoms with Gasteiger partial charge in [-0.25, -0.2) is 9.37 Å². The van der Waals surface area contributed by atoms with Crippen molar-refractivity contribution in [3.8, 4) is 11.4 Å². The Morgan fingerprint density at radius 2 is 1.94 bits per heavy atom. The Hall–Kier alpha value is -3.35. The highest BCUT2D eigenvalue weighted by Gasteiger charge is 2.36. The van der Waals surface area contributed by atoms with Crippen molar-refractivity contribution in [2.24, 2.45) is 0 Å². The van der Waals surface area contributed by atoms with E-state index in [4.69, 9.17) is 0 Å². The van der Waals surface area contributed by atoms with E-state index >= 15 is 0 Å². The summed E-state index contributed by atoms with van der Waals surface area (Å²) in [5, 5.41) is 3.00. The minimum atomic E-state index is -0.324. The van der Waals surface area contributed by atoms with Gasteiger partial charge < -0.3 is 10.3 Å². The summed E-state index contributed by atoms with van der Waals surface area (Å²) in [6.45, 7) is 2.20. The summed E-state index contributed by atoms with van der Waals surface area (Å²) in [6.07, 6.45) is 7.27. The average Bonchev–Trinajstić information content (AvgIpc) is 3.26. The van der Waals surface area contributed by atoms with Gasteiger partial charge in [0.2, 0.25) is 5.91 Å². The van der Waals surface area contributed by atoms with E-state index in [1.807, 2.05) is 18.2 Å². The molecule has 0 spiro atoms. The number of benzene rings is 1. The SMILES string of the molecule is Cc1nc(-c2cccnc2)[nH]c(=O)c1CC(=O)NCC1(c2ccc(F)cc2)CCCC1. The summed E-state index contributed by atoms with van der Waals surface area (Å²) in [5.74, 6) is -0.0586. The number of nitrogens with zero attached hydrogens (tertiary/aromatic N) is 2. The molecule has 0 atom stereocenters. The van der Waals surface area contributed by atoms with Gasteiger partial charge in [-0.15, -0.1) is 0 Å². The van der Waals surface area contributed by atoms with Gasteiger partial charge in [0.1, 0.15) is 11.6 Å². The molecule has 1 amide bonds. The van der Waals surface area contributed by atoms with Gasteiger partial charge in [-0.3, -0.25) is 14.6 Å². The monoisotopic (exact) mass is 420 g/mol. The Bertz CT molecular complexity index is 1120. The molecule has 0 bridgehead atoms. The largest absolute Gasteiger partial charge is 0.355 e. The van der Waals surface area contributed by atoms with Crippen LogP contribution in [0.1, 0.15) is 42.5 Å². The summed E-state index contributed by atoms with van der Waals surface area (Å²) >= 11 is 0. The summed E-state index contributed by atoms with van der Waals surface area (Å²) in [4.78, 5) is 36.6. The molecule has 0 unspecified atom stereocenters. The highest BCUT2D eigenvalue weighted by atomic mass is 19.1. The molecule has 4 rings (SSSR count). The molecule has 1 saturated carbocycles. The number of nitrogens with one attached hydrogen (secondary N) is 2. The Balaban J connectivity index is 1.47. The second-order valence-corrected chi connectivity index (χ2v) is 8.17. The van der Waals surface area contributed by atoms with E-state index in [9.17, 15) is 14.0 Å². The summed E-state index contributed by atoms with van der Waals surface area (Å²) in [7, 11) is 0. The smallest absolute Gasteiger partial charge is 0.255 e. The minimum Gasteiger partial charge on any atom is -0.355 e. The van der Waals surface area contributed by atoms with Crippen molar-refractivity contribution in [1.29, 1.82) is 0 Å². The summed E-state index contributed by atoms with van der Waals surface area (Å²) in [5.41, 5.74) is 2.12. The van der Waals surface area contributed by atoms with Crippen LogP contribution in [-0.4, -0.2) is 27.4 Å². The molecule has 7 heteroatoms. The lowest BCUT2D eigenvalue weighted by Gasteiger charge is -2.30. The predicted octanol–water partition coefficient (Wildman–Crippen LogP) is 3.45. The first-order valence-corrected chi connectivity index (χ1v) is 10.5. The van der Waals surface area contributed by atoms with E-state index < -0.39 is 0 Å². The molecule has 1 fully saturated rings. The van der Waals surface area contributed by atoms with E-state index in [1.165, 1.54) is 12.1 Å². The van der Waals surface area contributed by atoms with Gasteiger partial charge in [0.15, 0.2) is 0 Å². The first-order chi connectivity index (χ1) is 15.0. The number of aromatic nitrogens is 3. The minimum absolute atomic E-state index is 0.0407. The van der Waals surface area contributed by atoms with Crippen molar-refractivity contribution in [3.05, 3.63) is 81.8 Å². The van der Waals surface area contributed by atoms with Gasteiger partial charge in [0.05, 0.1) is 6.42 Å². The van der Waals surface area contributed by atoms with E-state index in [0.29, 0.717) is 29.2 Å². The lowest BCUT2D eigenvalue weighted by Crippen LogP contribution is -2.40. The number of carbonyl (C=O) groups is 1. The quantitative estimate of drug-likeness (QED) is 0.639. The molecule has 3 aromatic rings. The lowest BCUT2D eigenvalue weighted by molar-refractivity contribution is -0.120. The zero-order valence-corrected chi connectivity index (χ0v) is 17.5. The van der Waals surface area contributed by atoms with Crippen LogP contribution in [0.3, 0.4) is 0 Å². The van der Waals surface area contributed by atoms with Crippen LogP contribution in [-0.2, 0) is 16.6 Å². The molecule has 2 N–H and O–H groups in total. The van der Waals surface area contributed by atoms with Gasteiger partial charge in [-0.2, -0.15) is 0 Å². The Kier molecular flexibility index (Phi) is 5.93. The third-order valence-electron chi connectivity index (χ3n) is 6.14. The first kappa shape index (κ1) is 20.9. The van der Waals surface area contributed by atoms with Crippen molar-refractivity contribution in [2.45, 2.75) is 44.4 Å². The van der Waals surface area contributed by atoms with Gasteiger partial charge >= 0.3 is 0 Å². The van der Waals surface area contributed by atoms with Crippen LogP contribution in [0, 0.1) is 12.7 Å². The number of pyridine rings is 1. The molecule has 1 aliphatic carbocycles. The topological polar surface area (TPSA) is 87.7 Å². The van der Waals surface area contributed by atoms with E-state index in [-0.39, 0.29) is 29.1 Å². The molecule has 31 heavy (non-hydrogen) atoms. The van der Waals surface area contributed by atoms with Crippen LogP contribution >= 0.6 is 0 Å². The number of halogens is 1. The zero-order valence-electron chi connectivity index (χ0n) is 17.5. The molecule has 2 aromatic heterocycles. The Morgan fingerprint density at radius 3 is 2.58 bits per heavy atom.